The standard InChI is InChI=1S/C18H19O4Si.C6H15N/c1-2-8-14(9-3-1)23(19-15-10-4-5-11-16(15)20-23)21-17-12-6-7-13-18(17)22-23;1-4-7(5-2)6-3/h4-7,10-14H,1-3,8-9H2;4-6H2,1-3H3/q-1;/p+1. The van der Waals surface area contributed by atoms with Crippen molar-refractivity contribution in [1.29, 1.82) is 0 Å². The van der Waals surface area contributed by atoms with Gasteiger partial charge in [0.05, 0.1) is 19.6 Å². The summed E-state index contributed by atoms with van der Waals surface area (Å²) >= 11 is 0. The Balaban J connectivity index is 0.000000272. The topological polar surface area (TPSA) is 41.4 Å². The predicted molar refractivity (Wildman–Crippen MR) is 121 cm³/mol. The molecule has 5 nitrogen and oxygen atoms in total. The number of fused-ring (bicyclic) bond motifs is 2. The molecule has 1 spiro atoms. The van der Waals surface area contributed by atoms with Crippen molar-refractivity contribution in [2.75, 3.05) is 19.6 Å². The third-order valence-electron chi connectivity index (χ3n) is 6.65. The summed E-state index contributed by atoms with van der Waals surface area (Å²) in [6, 6.07) is 15.5. The molecule has 3 aliphatic rings. The molecule has 164 valence electrons. The molecule has 0 unspecified atom stereocenters. The zero-order valence-electron chi connectivity index (χ0n) is 18.5. The first-order chi connectivity index (χ1) is 14.6. The molecule has 0 radical (unpaired) electrons. The zero-order chi connectivity index (χ0) is 21.1. The van der Waals surface area contributed by atoms with Crippen molar-refractivity contribution in [3.63, 3.8) is 0 Å². The molecular weight excluding hydrogens is 394 g/mol. The maximum absolute atomic E-state index is 6.45. The zero-order valence-corrected chi connectivity index (χ0v) is 19.5. The summed E-state index contributed by atoms with van der Waals surface area (Å²) < 4.78 is 25.8. The summed E-state index contributed by atoms with van der Waals surface area (Å²) in [6.45, 7) is 10.5. The Labute approximate surface area is 180 Å². The fourth-order valence-electron chi connectivity index (χ4n) is 4.81. The number of hydrogen-bond donors (Lipinski definition) is 1. The second kappa shape index (κ2) is 8.51. The van der Waals surface area contributed by atoms with Gasteiger partial charge >= 0.3 is 135 Å². The van der Waals surface area contributed by atoms with Crippen molar-refractivity contribution in [1.82, 2.24) is 0 Å². The predicted octanol–water partition coefficient (Wildman–Crippen LogP) is 4.58. The molecule has 2 aliphatic heterocycles. The number of rotatable bonds is 4. The molecule has 1 fully saturated rings. The molecule has 0 bridgehead atoms. The molecule has 2 aromatic carbocycles. The molecule has 1 N–H and O–H groups in total. The van der Waals surface area contributed by atoms with Crippen LogP contribution in [-0.4, -0.2) is 28.0 Å². The molecule has 0 atom stereocenters. The maximum atomic E-state index is 6.45. The van der Waals surface area contributed by atoms with Crippen molar-refractivity contribution in [3.05, 3.63) is 48.5 Å². The van der Waals surface area contributed by atoms with Gasteiger partial charge in [0.25, 0.3) is 0 Å². The first-order valence-corrected chi connectivity index (χ1v) is 13.8. The van der Waals surface area contributed by atoms with Crippen LogP contribution in [-0.2, 0) is 0 Å². The van der Waals surface area contributed by atoms with E-state index >= 15 is 0 Å². The van der Waals surface area contributed by atoms with E-state index in [4.69, 9.17) is 17.7 Å². The fourth-order valence-corrected chi connectivity index (χ4v) is 9.34. The van der Waals surface area contributed by atoms with Gasteiger partial charge in [-0.15, -0.1) is 0 Å². The molecule has 6 heteroatoms. The van der Waals surface area contributed by atoms with E-state index in [1.165, 1.54) is 38.9 Å². The van der Waals surface area contributed by atoms with Crippen LogP contribution in [0.25, 0.3) is 0 Å². The van der Waals surface area contributed by atoms with Gasteiger partial charge in [-0.05, 0) is 20.8 Å². The van der Waals surface area contributed by atoms with E-state index in [1.807, 2.05) is 48.5 Å². The third kappa shape index (κ3) is 3.67. The summed E-state index contributed by atoms with van der Waals surface area (Å²) in [5.41, 5.74) is 0.170. The molecule has 0 saturated heterocycles. The van der Waals surface area contributed by atoms with Gasteiger partial charge in [-0.25, -0.2) is 0 Å². The van der Waals surface area contributed by atoms with Gasteiger partial charge in [0.2, 0.25) is 0 Å². The first-order valence-electron chi connectivity index (χ1n) is 11.6. The van der Waals surface area contributed by atoms with E-state index in [9.17, 15) is 0 Å². The Morgan fingerprint density at radius 3 is 1.33 bits per heavy atom. The van der Waals surface area contributed by atoms with Crippen molar-refractivity contribution in [3.8, 4) is 23.0 Å². The molecule has 0 aromatic heterocycles. The van der Waals surface area contributed by atoms with Gasteiger partial charge in [-0.2, -0.15) is 0 Å². The second-order valence-electron chi connectivity index (χ2n) is 8.42. The SMILES string of the molecule is CC[NH+](CC)CC.c1ccc2c(c1)O[Si-]1(C3CCCCC3)(O2)Oc2ccccc2O1. The molecule has 0 amide bonds. The van der Waals surface area contributed by atoms with Gasteiger partial charge < -0.3 is 4.90 Å². The van der Waals surface area contributed by atoms with Crippen LogP contribution in [0.1, 0.15) is 52.9 Å². The second-order valence-corrected chi connectivity index (χ2v) is 12.0. The van der Waals surface area contributed by atoms with Crippen LogP contribution in [0.15, 0.2) is 48.5 Å². The monoisotopic (exact) mass is 429 g/mol. The average molecular weight is 430 g/mol. The quantitative estimate of drug-likeness (QED) is 0.722. The van der Waals surface area contributed by atoms with E-state index in [0.717, 1.165) is 35.8 Å². The fraction of sp³-hybridized carbons (Fsp3) is 0.500. The molecule has 5 rings (SSSR count). The van der Waals surface area contributed by atoms with Gasteiger partial charge in [-0.3, -0.25) is 0 Å². The van der Waals surface area contributed by atoms with Gasteiger partial charge in [0, 0.05) is 0 Å². The number of nitrogens with one attached hydrogen (secondary N) is 1. The minimum atomic E-state index is -4.04. The molecule has 30 heavy (non-hydrogen) atoms. The first kappa shape index (κ1) is 21.1. The van der Waals surface area contributed by atoms with Crippen LogP contribution in [0, 0.1) is 0 Å². The summed E-state index contributed by atoms with van der Waals surface area (Å²) in [4.78, 5) is 1.68. The Kier molecular flexibility index (Phi) is 5.98. The average Bonchev–Trinajstić information content (AvgIpc) is 3.31. The molecule has 2 heterocycles. The summed E-state index contributed by atoms with van der Waals surface area (Å²) in [5, 5.41) is 0. The summed E-state index contributed by atoms with van der Waals surface area (Å²) in [7, 11) is -4.04. The molecular formula is C24H35NO4Si. The van der Waals surface area contributed by atoms with Crippen LogP contribution in [0.3, 0.4) is 0 Å². The van der Waals surface area contributed by atoms with Crippen LogP contribution in [0.4, 0.5) is 0 Å². The Hall–Kier alpha value is -2.18. The van der Waals surface area contributed by atoms with Crippen molar-refractivity contribution < 1.29 is 22.6 Å². The van der Waals surface area contributed by atoms with Crippen LogP contribution >= 0.6 is 0 Å². The summed E-state index contributed by atoms with van der Waals surface area (Å²) in [5.74, 6) is 2.94. The van der Waals surface area contributed by atoms with Crippen LogP contribution in [0.2, 0.25) is 5.54 Å². The van der Waals surface area contributed by atoms with Crippen molar-refractivity contribution in [2.24, 2.45) is 0 Å². The number of hydrogen-bond acceptors (Lipinski definition) is 4. The number of para-hydroxylation sites is 4. The number of quaternary nitrogens is 1. The normalized spacial score (nSPS) is 21.5. The molecule has 2 aromatic rings. The van der Waals surface area contributed by atoms with Gasteiger partial charge in [0.1, 0.15) is 0 Å². The molecule has 1 aliphatic carbocycles. The third-order valence-corrected chi connectivity index (χ3v) is 10.9. The van der Waals surface area contributed by atoms with E-state index in [1.54, 1.807) is 4.90 Å². The minimum absolute atomic E-state index is 0.170. The summed E-state index contributed by atoms with van der Waals surface area (Å²) in [6.07, 6.45) is 5.64. The van der Waals surface area contributed by atoms with Crippen molar-refractivity contribution in [2.45, 2.75) is 58.4 Å². The Bertz CT molecular complexity index is 745. The Morgan fingerprint density at radius 2 is 1.03 bits per heavy atom. The van der Waals surface area contributed by atoms with Crippen molar-refractivity contribution >= 4 is 8.33 Å². The van der Waals surface area contributed by atoms with E-state index < -0.39 is 8.33 Å². The van der Waals surface area contributed by atoms with Gasteiger partial charge in [0.15, 0.2) is 0 Å². The van der Waals surface area contributed by atoms with Gasteiger partial charge in [-0.1, -0.05) is 0 Å². The van der Waals surface area contributed by atoms with E-state index in [2.05, 4.69) is 20.8 Å². The van der Waals surface area contributed by atoms with Crippen LogP contribution < -0.4 is 22.6 Å². The van der Waals surface area contributed by atoms with Crippen LogP contribution in [0.5, 0.6) is 23.0 Å². The van der Waals surface area contributed by atoms with E-state index in [-0.39, 0.29) is 5.54 Å². The molecule has 1 saturated carbocycles. The Morgan fingerprint density at radius 1 is 0.667 bits per heavy atom. The number of benzene rings is 2. The van der Waals surface area contributed by atoms with E-state index in [0.29, 0.717) is 0 Å².